The Hall–Kier alpha value is -1.66. The predicted octanol–water partition coefficient (Wildman–Crippen LogP) is 5.32. The van der Waals surface area contributed by atoms with Crippen molar-refractivity contribution in [2.24, 2.45) is 0 Å². The molecule has 0 saturated heterocycles. The number of nitro benzene ring substituents is 1. The number of nitrogens with zero attached hydrogens (tertiary/aromatic N) is 1. The summed E-state index contributed by atoms with van der Waals surface area (Å²) in [6.07, 6.45) is 0. The lowest BCUT2D eigenvalue weighted by Crippen LogP contribution is -2.08. The zero-order chi connectivity index (χ0) is 15.6. The number of anilines is 1. The number of benzene rings is 2. The fraction of sp³-hybridized carbons (Fsp3) is 0.143. The molecular weight excluding hydrogens is 363 g/mol. The third-order valence-electron chi connectivity index (χ3n) is 2.96. The molecule has 1 unspecified atom stereocenters. The second kappa shape index (κ2) is 6.41. The number of hydrogen-bond donors (Lipinski definition) is 1. The minimum atomic E-state index is -0.557. The predicted molar refractivity (Wildman–Crippen MR) is 84.2 cm³/mol. The Bertz CT molecular complexity index is 697. The molecule has 0 aromatic heterocycles. The summed E-state index contributed by atoms with van der Waals surface area (Å²) < 4.78 is 14.5. The highest BCUT2D eigenvalue weighted by atomic mass is 79.9. The van der Waals surface area contributed by atoms with Gasteiger partial charge in [0.25, 0.3) is 5.69 Å². The minimum absolute atomic E-state index is 0.0630. The van der Waals surface area contributed by atoms with Crippen molar-refractivity contribution in [2.75, 3.05) is 5.32 Å². The van der Waals surface area contributed by atoms with Crippen LogP contribution in [0, 0.1) is 15.9 Å². The molecule has 110 valence electrons. The molecule has 4 nitrogen and oxygen atoms in total. The molecule has 0 aliphatic rings. The molecule has 0 saturated carbocycles. The van der Waals surface area contributed by atoms with Crippen molar-refractivity contribution in [3.8, 4) is 0 Å². The van der Waals surface area contributed by atoms with Crippen molar-refractivity contribution in [1.29, 1.82) is 0 Å². The van der Waals surface area contributed by atoms with Crippen LogP contribution in [0.2, 0.25) is 5.02 Å². The van der Waals surface area contributed by atoms with Gasteiger partial charge in [0.05, 0.1) is 11.0 Å². The summed E-state index contributed by atoms with van der Waals surface area (Å²) >= 11 is 8.95. The van der Waals surface area contributed by atoms with Crippen molar-refractivity contribution in [2.45, 2.75) is 13.0 Å². The van der Waals surface area contributed by atoms with Crippen LogP contribution in [0.3, 0.4) is 0 Å². The molecule has 1 N–H and O–H groups in total. The van der Waals surface area contributed by atoms with Gasteiger partial charge in [0.15, 0.2) is 0 Å². The van der Waals surface area contributed by atoms with Gasteiger partial charge < -0.3 is 5.32 Å². The third kappa shape index (κ3) is 3.71. The summed E-state index contributed by atoms with van der Waals surface area (Å²) in [4.78, 5) is 10.3. The van der Waals surface area contributed by atoms with E-state index in [0.717, 1.165) is 0 Å². The quantitative estimate of drug-likeness (QED) is 0.582. The van der Waals surface area contributed by atoms with E-state index in [1.54, 1.807) is 25.1 Å². The number of halogens is 3. The summed E-state index contributed by atoms with van der Waals surface area (Å²) in [7, 11) is 0. The Morgan fingerprint density at radius 2 is 2.05 bits per heavy atom. The summed E-state index contributed by atoms with van der Waals surface area (Å²) in [6, 6.07) is 8.80. The zero-order valence-corrected chi connectivity index (χ0v) is 13.3. The topological polar surface area (TPSA) is 55.2 Å². The van der Waals surface area contributed by atoms with Gasteiger partial charge in [-0.3, -0.25) is 10.1 Å². The molecule has 2 aromatic rings. The van der Waals surface area contributed by atoms with E-state index >= 15 is 0 Å². The standard InChI is InChI=1S/C14H11BrClFN2O2/c1-8(11-4-2-9(15)6-13(11)17)18-10-3-5-12(16)14(7-10)19(20)21/h2-8,18H,1H3. The van der Waals surface area contributed by atoms with Crippen molar-refractivity contribution in [3.63, 3.8) is 0 Å². The molecule has 0 heterocycles. The van der Waals surface area contributed by atoms with Crippen LogP contribution in [-0.2, 0) is 0 Å². The smallest absolute Gasteiger partial charge is 0.289 e. The molecular formula is C14H11BrClFN2O2. The zero-order valence-electron chi connectivity index (χ0n) is 10.9. The van der Waals surface area contributed by atoms with Crippen LogP contribution < -0.4 is 5.32 Å². The first-order chi connectivity index (χ1) is 9.88. The van der Waals surface area contributed by atoms with Gasteiger partial charge in [-0.05, 0) is 31.2 Å². The lowest BCUT2D eigenvalue weighted by atomic mass is 10.1. The van der Waals surface area contributed by atoms with E-state index in [4.69, 9.17) is 11.6 Å². The molecule has 0 spiro atoms. The first-order valence-corrected chi connectivity index (χ1v) is 7.21. The first kappa shape index (κ1) is 15.7. The van der Waals surface area contributed by atoms with Gasteiger partial charge in [-0.25, -0.2) is 4.39 Å². The highest BCUT2D eigenvalue weighted by molar-refractivity contribution is 9.10. The Morgan fingerprint density at radius 1 is 1.33 bits per heavy atom. The second-order valence-electron chi connectivity index (χ2n) is 4.46. The number of nitrogens with one attached hydrogen (secondary N) is 1. The largest absolute Gasteiger partial charge is 0.378 e. The van der Waals surface area contributed by atoms with E-state index < -0.39 is 4.92 Å². The van der Waals surface area contributed by atoms with Crippen LogP contribution in [0.5, 0.6) is 0 Å². The van der Waals surface area contributed by atoms with E-state index in [9.17, 15) is 14.5 Å². The van der Waals surface area contributed by atoms with Crippen LogP contribution in [0.1, 0.15) is 18.5 Å². The van der Waals surface area contributed by atoms with Gasteiger partial charge in [-0.15, -0.1) is 0 Å². The Balaban J connectivity index is 2.25. The summed E-state index contributed by atoms with van der Waals surface area (Å²) in [6.45, 7) is 1.77. The highest BCUT2D eigenvalue weighted by Crippen LogP contribution is 2.30. The molecule has 0 radical (unpaired) electrons. The van der Waals surface area contributed by atoms with Crippen molar-refractivity contribution < 1.29 is 9.31 Å². The molecule has 21 heavy (non-hydrogen) atoms. The highest BCUT2D eigenvalue weighted by Gasteiger charge is 2.15. The molecule has 2 aromatic carbocycles. The second-order valence-corrected chi connectivity index (χ2v) is 5.78. The Kier molecular flexibility index (Phi) is 4.80. The fourth-order valence-electron chi connectivity index (χ4n) is 1.92. The third-order valence-corrected chi connectivity index (χ3v) is 3.77. The number of nitro groups is 1. The van der Waals surface area contributed by atoms with Crippen LogP contribution in [0.25, 0.3) is 0 Å². The average Bonchev–Trinajstić information content (AvgIpc) is 2.40. The molecule has 0 amide bonds. The molecule has 0 aliphatic heterocycles. The molecule has 2 rings (SSSR count). The van der Waals surface area contributed by atoms with Crippen LogP contribution in [-0.4, -0.2) is 4.92 Å². The molecule has 7 heteroatoms. The lowest BCUT2D eigenvalue weighted by molar-refractivity contribution is -0.384. The van der Waals surface area contributed by atoms with Crippen LogP contribution in [0.15, 0.2) is 40.9 Å². The van der Waals surface area contributed by atoms with Gasteiger partial charge >= 0.3 is 0 Å². The Labute approximate surface area is 134 Å². The average molecular weight is 374 g/mol. The SMILES string of the molecule is CC(Nc1ccc(Cl)c([N+](=O)[O-])c1)c1ccc(Br)cc1F. The summed E-state index contributed by atoms with van der Waals surface area (Å²) in [5.41, 5.74) is 0.780. The van der Waals surface area contributed by atoms with Crippen molar-refractivity contribution in [3.05, 3.63) is 67.4 Å². The maximum Gasteiger partial charge on any atom is 0.289 e. The van der Waals surface area contributed by atoms with Crippen molar-refractivity contribution >= 4 is 38.9 Å². The molecule has 0 fully saturated rings. The number of rotatable bonds is 4. The van der Waals surface area contributed by atoms with Gasteiger partial charge in [0.2, 0.25) is 0 Å². The van der Waals surface area contributed by atoms with E-state index in [1.807, 2.05) is 0 Å². The molecule has 0 bridgehead atoms. The van der Waals surface area contributed by atoms with Gasteiger partial charge in [-0.1, -0.05) is 33.6 Å². The van der Waals surface area contributed by atoms with Gasteiger partial charge in [0.1, 0.15) is 10.8 Å². The Morgan fingerprint density at radius 3 is 2.67 bits per heavy atom. The van der Waals surface area contributed by atoms with E-state index in [2.05, 4.69) is 21.2 Å². The first-order valence-electron chi connectivity index (χ1n) is 6.04. The van der Waals surface area contributed by atoms with Crippen LogP contribution in [0.4, 0.5) is 15.8 Å². The van der Waals surface area contributed by atoms with E-state index in [0.29, 0.717) is 15.7 Å². The van der Waals surface area contributed by atoms with Gasteiger partial charge in [0, 0.05) is 21.8 Å². The lowest BCUT2D eigenvalue weighted by Gasteiger charge is -2.16. The maximum absolute atomic E-state index is 13.9. The summed E-state index contributed by atoms with van der Waals surface area (Å²) in [5.74, 6) is -0.354. The van der Waals surface area contributed by atoms with Gasteiger partial charge in [-0.2, -0.15) is 0 Å². The fourth-order valence-corrected chi connectivity index (χ4v) is 2.44. The number of hydrogen-bond acceptors (Lipinski definition) is 3. The maximum atomic E-state index is 13.9. The summed E-state index contributed by atoms with van der Waals surface area (Å²) in [5, 5.41) is 13.9. The van der Waals surface area contributed by atoms with Crippen molar-refractivity contribution in [1.82, 2.24) is 0 Å². The molecule has 0 aliphatic carbocycles. The van der Waals surface area contributed by atoms with E-state index in [1.165, 1.54) is 18.2 Å². The monoisotopic (exact) mass is 372 g/mol. The molecule has 1 atom stereocenters. The minimum Gasteiger partial charge on any atom is -0.378 e. The normalized spacial score (nSPS) is 12.0. The van der Waals surface area contributed by atoms with Crippen LogP contribution >= 0.6 is 27.5 Å². The van der Waals surface area contributed by atoms with E-state index in [-0.39, 0.29) is 22.6 Å².